The van der Waals surface area contributed by atoms with Crippen molar-refractivity contribution in [2.75, 3.05) is 26.1 Å². The number of rotatable bonds is 9. The van der Waals surface area contributed by atoms with Crippen LogP contribution in [0.5, 0.6) is 11.5 Å². The van der Waals surface area contributed by atoms with Crippen LogP contribution in [0.4, 0.5) is 10.3 Å². The number of nitrogens with zero attached hydrogens (tertiary/aromatic N) is 1. The quantitative estimate of drug-likeness (QED) is 0.337. The predicted octanol–water partition coefficient (Wildman–Crippen LogP) is 5.29. The van der Waals surface area contributed by atoms with E-state index < -0.39 is 15.7 Å². The summed E-state index contributed by atoms with van der Waals surface area (Å²) in [5, 5.41) is 2.72. The van der Waals surface area contributed by atoms with E-state index in [9.17, 15) is 12.8 Å². The second-order valence-electron chi connectivity index (χ2n) is 7.82. The van der Waals surface area contributed by atoms with Crippen molar-refractivity contribution in [1.82, 2.24) is 4.98 Å². The van der Waals surface area contributed by atoms with Crippen LogP contribution in [0, 0.1) is 12.7 Å². The molecule has 4 aromatic rings. The van der Waals surface area contributed by atoms with Crippen molar-refractivity contribution in [2.45, 2.75) is 23.3 Å². The van der Waals surface area contributed by atoms with Gasteiger partial charge in [-0.05, 0) is 55.3 Å². The summed E-state index contributed by atoms with van der Waals surface area (Å²) in [5.41, 5.74) is 1.93. The topological polar surface area (TPSA) is 90.7 Å². The lowest BCUT2D eigenvalue weighted by atomic mass is 10.1. The predicted molar refractivity (Wildman–Crippen MR) is 130 cm³/mol. The molecule has 0 atom stereocenters. The minimum atomic E-state index is -4.03. The van der Waals surface area contributed by atoms with Crippen LogP contribution in [0.2, 0.25) is 0 Å². The third-order valence-corrected chi connectivity index (χ3v) is 7.11. The average Bonchev–Trinajstić information content (AvgIpc) is 3.29. The second-order valence-corrected chi connectivity index (χ2v) is 9.68. The van der Waals surface area contributed by atoms with Crippen molar-refractivity contribution in [1.29, 1.82) is 0 Å². The largest absolute Gasteiger partial charge is 0.493 e. The Kier molecular flexibility index (Phi) is 7.07. The van der Waals surface area contributed by atoms with E-state index in [1.165, 1.54) is 30.3 Å². The Morgan fingerprint density at radius 3 is 2.37 bits per heavy atom. The summed E-state index contributed by atoms with van der Waals surface area (Å²) in [6.45, 7) is 2.20. The van der Waals surface area contributed by atoms with E-state index in [1.54, 1.807) is 38.5 Å². The van der Waals surface area contributed by atoms with Crippen LogP contribution in [0.15, 0.2) is 81.1 Å². The van der Waals surface area contributed by atoms with Crippen LogP contribution in [0.25, 0.3) is 11.5 Å². The molecule has 0 aliphatic rings. The van der Waals surface area contributed by atoms with Gasteiger partial charge in [-0.25, -0.2) is 12.8 Å². The van der Waals surface area contributed by atoms with E-state index in [2.05, 4.69) is 10.3 Å². The van der Waals surface area contributed by atoms with E-state index in [0.717, 1.165) is 11.1 Å². The van der Waals surface area contributed by atoms with Gasteiger partial charge in [0.2, 0.25) is 26.6 Å². The summed E-state index contributed by atoms with van der Waals surface area (Å²) in [6.07, 6.45) is 0.528. The van der Waals surface area contributed by atoms with Gasteiger partial charge in [0.1, 0.15) is 5.82 Å². The van der Waals surface area contributed by atoms with Crippen molar-refractivity contribution in [3.8, 4) is 23.0 Å². The molecule has 1 heterocycles. The maximum Gasteiger partial charge on any atom is 0.233 e. The molecule has 3 aromatic carbocycles. The summed E-state index contributed by atoms with van der Waals surface area (Å²) in [7, 11) is -0.909. The molecule has 1 N–H and O–H groups in total. The third-order valence-electron chi connectivity index (χ3n) is 5.43. The molecule has 9 heteroatoms. The number of aromatic nitrogens is 1. The van der Waals surface area contributed by atoms with Crippen molar-refractivity contribution < 1.29 is 26.7 Å². The fraction of sp³-hybridized carbons (Fsp3) is 0.192. The smallest absolute Gasteiger partial charge is 0.233 e. The van der Waals surface area contributed by atoms with Gasteiger partial charge < -0.3 is 19.2 Å². The first-order valence-corrected chi connectivity index (χ1v) is 12.3. The van der Waals surface area contributed by atoms with Crippen molar-refractivity contribution >= 4 is 15.7 Å². The summed E-state index contributed by atoms with van der Waals surface area (Å²) in [5.74, 6) is 0.464. The number of hydrogen-bond donors (Lipinski definition) is 1. The van der Waals surface area contributed by atoms with Crippen molar-refractivity contribution in [3.05, 3.63) is 83.7 Å². The molecule has 0 spiro atoms. The van der Waals surface area contributed by atoms with Crippen LogP contribution in [0.1, 0.15) is 11.1 Å². The first-order chi connectivity index (χ1) is 16.8. The maximum atomic E-state index is 14.4. The number of halogens is 1. The number of oxazole rings is 1. The Bertz CT molecular complexity index is 1430. The number of nitrogens with one attached hydrogen (secondary N) is 1. The molecule has 7 nitrogen and oxygen atoms in total. The highest BCUT2D eigenvalue weighted by Crippen LogP contribution is 2.33. The van der Waals surface area contributed by atoms with E-state index in [-0.39, 0.29) is 27.3 Å². The molecule has 182 valence electrons. The molecule has 0 aliphatic carbocycles. The molecule has 4 rings (SSSR count). The highest BCUT2D eigenvalue weighted by atomic mass is 32.2. The van der Waals surface area contributed by atoms with Gasteiger partial charge in [-0.2, -0.15) is 4.98 Å². The molecule has 0 radical (unpaired) electrons. The Hall–Kier alpha value is -3.85. The molecule has 0 saturated carbocycles. The summed E-state index contributed by atoms with van der Waals surface area (Å²) in [6, 6.07) is 17.9. The van der Waals surface area contributed by atoms with Crippen molar-refractivity contribution in [3.63, 3.8) is 0 Å². The number of ether oxygens (including phenoxy) is 2. The monoisotopic (exact) mass is 496 g/mol. The molecule has 0 fully saturated rings. The van der Waals surface area contributed by atoms with Crippen LogP contribution in [0.3, 0.4) is 0 Å². The third kappa shape index (κ3) is 5.14. The van der Waals surface area contributed by atoms with Crippen LogP contribution < -0.4 is 14.8 Å². The number of aryl methyl sites for hydroxylation is 1. The van der Waals surface area contributed by atoms with Gasteiger partial charge in [-0.1, -0.05) is 35.9 Å². The summed E-state index contributed by atoms with van der Waals surface area (Å²) < 4.78 is 57.5. The first kappa shape index (κ1) is 24.3. The fourth-order valence-electron chi connectivity index (χ4n) is 3.54. The Labute approximate surface area is 203 Å². The van der Waals surface area contributed by atoms with Gasteiger partial charge in [0.25, 0.3) is 0 Å². The molecule has 0 aliphatic heterocycles. The minimum Gasteiger partial charge on any atom is -0.493 e. The SMILES string of the molecule is COc1ccc(CCNc2oc(-c3ccccc3F)nc2S(=O)(=O)c2ccc(C)cc2)cc1OC. The molecule has 0 unspecified atom stereocenters. The fourth-order valence-corrected chi connectivity index (χ4v) is 4.81. The highest BCUT2D eigenvalue weighted by molar-refractivity contribution is 7.91. The molecular formula is C26H25FN2O5S. The van der Waals surface area contributed by atoms with E-state index in [1.807, 2.05) is 19.1 Å². The first-order valence-electron chi connectivity index (χ1n) is 10.9. The Morgan fingerprint density at radius 2 is 1.69 bits per heavy atom. The standard InChI is InChI=1S/C26H25FN2O5S/c1-17-8-11-19(12-9-17)35(30,31)26-25(34-24(29-26)20-6-4-5-7-21(20)27)28-15-14-18-10-13-22(32-2)23(16-18)33-3/h4-13,16,28H,14-15H2,1-3H3. The van der Waals surface area contributed by atoms with Gasteiger partial charge in [0.05, 0.1) is 24.7 Å². The molecule has 0 bridgehead atoms. The van der Waals surface area contributed by atoms with E-state index in [0.29, 0.717) is 24.5 Å². The van der Waals surface area contributed by atoms with Gasteiger partial charge in [0.15, 0.2) is 11.5 Å². The van der Waals surface area contributed by atoms with Gasteiger partial charge in [-0.15, -0.1) is 0 Å². The lowest BCUT2D eigenvalue weighted by Crippen LogP contribution is -2.10. The molecule has 35 heavy (non-hydrogen) atoms. The summed E-state index contributed by atoms with van der Waals surface area (Å²) in [4.78, 5) is 4.26. The number of anilines is 1. The minimum absolute atomic E-state index is 0.0516. The zero-order valence-electron chi connectivity index (χ0n) is 19.5. The zero-order valence-corrected chi connectivity index (χ0v) is 20.4. The lowest BCUT2D eigenvalue weighted by molar-refractivity contribution is 0.354. The number of methoxy groups -OCH3 is 2. The highest BCUT2D eigenvalue weighted by Gasteiger charge is 2.29. The lowest BCUT2D eigenvalue weighted by Gasteiger charge is -2.10. The van der Waals surface area contributed by atoms with Crippen LogP contribution in [-0.4, -0.2) is 34.2 Å². The van der Waals surface area contributed by atoms with Crippen LogP contribution in [-0.2, 0) is 16.3 Å². The zero-order chi connectivity index (χ0) is 25.0. The molecule has 1 aromatic heterocycles. The normalized spacial score (nSPS) is 11.3. The van der Waals surface area contributed by atoms with E-state index >= 15 is 0 Å². The van der Waals surface area contributed by atoms with Crippen molar-refractivity contribution in [2.24, 2.45) is 0 Å². The average molecular weight is 497 g/mol. The van der Waals surface area contributed by atoms with Crippen LogP contribution >= 0.6 is 0 Å². The second kappa shape index (κ2) is 10.2. The Morgan fingerprint density at radius 1 is 0.971 bits per heavy atom. The number of sulfone groups is 1. The molecule has 0 amide bonds. The number of benzene rings is 3. The number of hydrogen-bond acceptors (Lipinski definition) is 7. The molecule has 0 saturated heterocycles. The van der Waals surface area contributed by atoms with Gasteiger partial charge >= 0.3 is 0 Å². The van der Waals surface area contributed by atoms with E-state index in [4.69, 9.17) is 13.9 Å². The maximum absolute atomic E-state index is 14.4. The van der Waals surface area contributed by atoms with Gasteiger partial charge in [0, 0.05) is 6.54 Å². The Balaban J connectivity index is 1.66. The van der Waals surface area contributed by atoms with Gasteiger partial charge in [-0.3, -0.25) is 0 Å². The molecular weight excluding hydrogens is 471 g/mol. The summed E-state index contributed by atoms with van der Waals surface area (Å²) >= 11 is 0.